The van der Waals surface area contributed by atoms with Gasteiger partial charge in [0, 0.05) is 33.4 Å². The third-order valence-corrected chi connectivity index (χ3v) is 3.53. The Bertz CT molecular complexity index is 657. The maximum Gasteiger partial charge on any atom is 0.249 e. The van der Waals surface area contributed by atoms with Gasteiger partial charge in [-0.05, 0) is 24.1 Å². The van der Waals surface area contributed by atoms with Crippen LogP contribution in [-0.4, -0.2) is 16.1 Å². The number of nitrogens with one attached hydrogen (secondary N) is 2. The molecule has 0 fully saturated rings. The van der Waals surface area contributed by atoms with E-state index in [1.807, 2.05) is 13.8 Å². The van der Waals surface area contributed by atoms with Crippen molar-refractivity contribution in [2.24, 2.45) is 0 Å². The molecule has 1 aromatic heterocycles. The summed E-state index contributed by atoms with van der Waals surface area (Å²) < 4.78 is 0. The summed E-state index contributed by atoms with van der Waals surface area (Å²) in [5, 5.41) is 10.6. The lowest BCUT2D eigenvalue weighted by molar-refractivity contribution is -0.111. The first-order valence-electron chi connectivity index (χ1n) is 6.45. The Hall–Kier alpha value is -1.78. The second-order valence-electron chi connectivity index (χ2n) is 4.82. The van der Waals surface area contributed by atoms with Crippen LogP contribution in [0.4, 0.5) is 5.82 Å². The van der Waals surface area contributed by atoms with Gasteiger partial charge in [0.05, 0.1) is 0 Å². The van der Waals surface area contributed by atoms with Crippen LogP contribution in [0.2, 0.25) is 10.0 Å². The number of carbonyl (C=O) groups is 1. The van der Waals surface area contributed by atoms with Crippen molar-refractivity contribution >= 4 is 41.0 Å². The monoisotopic (exact) mass is 323 g/mol. The van der Waals surface area contributed by atoms with Crippen LogP contribution in [0.15, 0.2) is 30.3 Å². The Morgan fingerprint density at radius 1 is 1.33 bits per heavy atom. The van der Waals surface area contributed by atoms with Crippen molar-refractivity contribution in [3.05, 3.63) is 51.6 Å². The van der Waals surface area contributed by atoms with Gasteiger partial charge in [0.1, 0.15) is 0 Å². The van der Waals surface area contributed by atoms with Crippen LogP contribution in [0.5, 0.6) is 0 Å². The summed E-state index contributed by atoms with van der Waals surface area (Å²) >= 11 is 12.1. The molecule has 1 heterocycles. The van der Waals surface area contributed by atoms with Gasteiger partial charge in [-0.15, -0.1) is 0 Å². The number of rotatable bonds is 4. The lowest BCUT2D eigenvalue weighted by Crippen LogP contribution is -2.07. The van der Waals surface area contributed by atoms with E-state index in [2.05, 4.69) is 15.5 Å². The molecule has 1 amide bonds. The van der Waals surface area contributed by atoms with Crippen LogP contribution in [0.1, 0.15) is 31.0 Å². The molecule has 6 heteroatoms. The number of benzene rings is 1. The molecule has 2 rings (SSSR count). The highest BCUT2D eigenvalue weighted by molar-refractivity contribution is 6.37. The maximum atomic E-state index is 11.8. The summed E-state index contributed by atoms with van der Waals surface area (Å²) in [4.78, 5) is 11.8. The lowest BCUT2D eigenvalue weighted by Gasteiger charge is -2.01. The molecule has 0 bridgehead atoms. The first-order valence-corrected chi connectivity index (χ1v) is 7.21. The number of hydrogen-bond acceptors (Lipinski definition) is 2. The number of anilines is 1. The summed E-state index contributed by atoms with van der Waals surface area (Å²) in [6.07, 6.45) is 2.95. The molecule has 1 aromatic carbocycles. The van der Waals surface area contributed by atoms with E-state index >= 15 is 0 Å². The predicted molar refractivity (Wildman–Crippen MR) is 86.8 cm³/mol. The van der Waals surface area contributed by atoms with Crippen LogP contribution >= 0.6 is 23.2 Å². The molecule has 0 aliphatic rings. The summed E-state index contributed by atoms with van der Waals surface area (Å²) in [5.41, 5.74) is 1.57. The molecule has 0 spiro atoms. The Morgan fingerprint density at radius 3 is 2.57 bits per heavy atom. The number of amides is 1. The minimum Gasteiger partial charge on any atom is -0.306 e. The molecule has 4 nitrogen and oxygen atoms in total. The maximum absolute atomic E-state index is 11.8. The van der Waals surface area contributed by atoms with Crippen LogP contribution in [-0.2, 0) is 4.79 Å². The van der Waals surface area contributed by atoms with E-state index in [0.717, 1.165) is 5.69 Å². The largest absolute Gasteiger partial charge is 0.306 e. The van der Waals surface area contributed by atoms with Gasteiger partial charge in [-0.3, -0.25) is 9.89 Å². The standard InChI is InChI=1S/C15H15Cl2N3O/c1-9(2)13-8-14(20-19-13)18-15(21)7-6-10-11(16)4-3-5-12(10)17/h3-9H,1-2H3,(H2,18,19,20,21)/b7-6+. The van der Waals surface area contributed by atoms with Crippen LogP contribution in [0.25, 0.3) is 6.08 Å². The Morgan fingerprint density at radius 2 is 2.00 bits per heavy atom. The van der Waals surface area contributed by atoms with Gasteiger partial charge in [0.15, 0.2) is 5.82 Å². The molecule has 2 N–H and O–H groups in total. The number of nitrogens with zero attached hydrogens (tertiary/aromatic N) is 1. The molecule has 0 aliphatic heterocycles. The molecule has 0 unspecified atom stereocenters. The number of carbonyl (C=O) groups excluding carboxylic acids is 1. The zero-order valence-electron chi connectivity index (χ0n) is 11.7. The van der Waals surface area contributed by atoms with E-state index in [4.69, 9.17) is 23.2 Å². The van der Waals surface area contributed by atoms with Crippen molar-refractivity contribution in [1.29, 1.82) is 0 Å². The molecule has 0 radical (unpaired) electrons. The topological polar surface area (TPSA) is 57.8 Å². The zero-order valence-corrected chi connectivity index (χ0v) is 13.2. The minimum absolute atomic E-state index is 0.298. The molecule has 0 saturated carbocycles. The van der Waals surface area contributed by atoms with E-state index in [1.165, 1.54) is 6.08 Å². The van der Waals surface area contributed by atoms with Crippen molar-refractivity contribution in [3.63, 3.8) is 0 Å². The average molecular weight is 324 g/mol. The van der Waals surface area contributed by atoms with E-state index in [1.54, 1.807) is 30.3 Å². The van der Waals surface area contributed by atoms with E-state index in [0.29, 0.717) is 27.3 Å². The number of halogens is 2. The van der Waals surface area contributed by atoms with Gasteiger partial charge < -0.3 is 5.32 Å². The fourth-order valence-corrected chi connectivity index (χ4v) is 2.22. The molecule has 0 aliphatic carbocycles. The molecule has 110 valence electrons. The second kappa shape index (κ2) is 6.78. The Balaban J connectivity index is 2.05. The normalized spacial score (nSPS) is 11.3. The molecule has 2 aromatic rings. The van der Waals surface area contributed by atoms with Crippen molar-refractivity contribution in [2.45, 2.75) is 19.8 Å². The van der Waals surface area contributed by atoms with Crippen molar-refractivity contribution in [2.75, 3.05) is 5.32 Å². The van der Waals surface area contributed by atoms with Crippen molar-refractivity contribution in [1.82, 2.24) is 10.2 Å². The number of aromatic amines is 1. The molecular formula is C15H15Cl2N3O. The molecular weight excluding hydrogens is 309 g/mol. The fraction of sp³-hybridized carbons (Fsp3) is 0.200. The van der Waals surface area contributed by atoms with Crippen LogP contribution < -0.4 is 5.32 Å². The van der Waals surface area contributed by atoms with Gasteiger partial charge in [-0.1, -0.05) is 43.1 Å². The SMILES string of the molecule is CC(C)c1cc(NC(=O)/C=C/c2c(Cl)cccc2Cl)n[nH]1. The van der Waals surface area contributed by atoms with Crippen molar-refractivity contribution < 1.29 is 4.79 Å². The highest BCUT2D eigenvalue weighted by Crippen LogP contribution is 2.25. The highest BCUT2D eigenvalue weighted by Gasteiger charge is 2.07. The third kappa shape index (κ3) is 4.09. The first-order chi connectivity index (χ1) is 9.97. The molecule has 21 heavy (non-hydrogen) atoms. The van der Waals surface area contributed by atoms with Crippen LogP contribution in [0.3, 0.4) is 0 Å². The lowest BCUT2D eigenvalue weighted by atomic mass is 10.1. The van der Waals surface area contributed by atoms with Gasteiger partial charge in [-0.25, -0.2) is 0 Å². The van der Waals surface area contributed by atoms with Crippen molar-refractivity contribution in [3.8, 4) is 0 Å². The van der Waals surface area contributed by atoms with Crippen LogP contribution in [0, 0.1) is 0 Å². The number of hydrogen-bond donors (Lipinski definition) is 2. The minimum atomic E-state index is -0.298. The molecule has 0 saturated heterocycles. The summed E-state index contributed by atoms with van der Waals surface area (Å²) in [6, 6.07) is 6.99. The second-order valence-corrected chi connectivity index (χ2v) is 5.64. The van der Waals surface area contributed by atoms with Gasteiger partial charge in [0.25, 0.3) is 0 Å². The first kappa shape index (κ1) is 15.6. The summed E-state index contributed by atoms with van der Waals surface area (Å²) in [5.74, 6) is 0.507. The van der Waals surface area contributed by atoms with E-state index < -0.39 is 0 Å². The van der Waals surface area contributed by atoms with E-state index in [9.17, 15) is 4.79 Å². The predicted octanol–water partition coefficient (Wildman–Crippen LogP) is 4.49. The summed E-state index contributed by atoms with van der Waals surface area (Å²) in [6.45, 7) is 4.08. The number of aromatic nitrogens is 2. The summed E-state index contributed by atoms with van der Waals surface area (Å²) in [7, 11) is 0. The van der Waals surface area contributed by atoms with Gasteiger partial charge >= 0.3 is 0 Å². The van der Waals surface area contributed by atoms with Gasteiger partial charge in [-0.2, -0.15) is 5.10 Å². The third-order valence-electron chi connectivity index (χ3n) is 2.87. The Kier molecular flexibility index (Phi) is 5.04. The average Bonchev–Trinajstić information content (AvgIpc) is 2.87. The van der Waals surface area contributed by atoms with E-state index in [-0.39, 0.29) is 5.91 Å². The zero-order chi connectivity index (χ0) is 15.4. The molecule has 0 atom stereocenters. The highest BCUT2D eigenvalue weighted by atomic mass is 35.5. The smallest absolute Gasteiger partial charge is 0.249 e. The Labute approximate surface area is 133 Å². The van der Waals surface area contributed by atoms with Gasteiger partial charge in [0.2, 0.25) is 5.91 Å². The fourth-order valence-electron chi connectivity index (χ4n) is 1.69. The quantitative estimate of drug-likeness (QED) is 0.814. The number of H-pyrrole nitrogens is 1.